The average molecular weight is 340 g/mol. The van der Waals surface area contributed by atoms with Crippen LogP contribution >= 0.6 is 0 Å². The van der Waals surface area contributed by atoms with Crippen LogP contribution in [0.5, 0.6) is 23.0 Å². The van der Waals surface area contributed by atoms with Gasteiger partial charge >= 0.3 is 0 Å². The maximum atomic E-state index is 10.0. The van der Waals surface area contributed by atoms with Gasteiger partial charge in [0.25, 0.3) is 0 Å². The fourth-order valence-corrected chi connectivity index (χ4v) is 2.75. The number of fused-ring (bicyclic) bond motifs is 1. The van der Waals surface area contributed by atoms with E-state index < -0.39 is 0 Å². The van der Waals surface area contributed by atoms with E-state index in [0.29, 0.717) is 29.3 Å². The second-order valence-corrected chi connectivity index (χ2v) is 5.51. The summed E-state index contributed by atoms with van der Waals surface area (Å²) in [5.41, 5.74) is 2.57. The molecule has 0 aliphatic heterocycles. The van der Waals surface area contributed by atoms with Crippen molar-refractivity contribution in [1.29, 1.82) is 0 Å². The lowest BCUT2D eigenvalue weighted by Gasteiger charge is -2.12. The molecule has 0 saturated heterocycles. The number of methoxy groups -OCH3 is 3. The molecule has 0 bridgehead atoms. The Morgan fingerprint density at radius 3 is 2.36 bits per heavy atom. The maximum Gasteiger partial charge on any atom is 0.203 e. The van der Waals surface area contributed by atoms with Crippen molar-refractivity contribution in [3.63, 3.8) is 0 Å². The zero-order chi connectivity index (χ0) is 17.8. The Kier molecular flexibility index (Phi) is 4.84. The van der Waals surface area contributed by atoms with Crippen LogP contribution in [0.2, 0.25) is 0 Å². The van der Waals surface area contributed by atoms with Crippen molar-refractivity contribution in [1.82, 2.24) is 0 Å². The molecule has 5 heteroatoms. The third kappa shape index (κ3) is 3.40. The Balaban J connectivity index is 1.83. The van der Waals surface area contributed by atoms with E-state index in [9.17, 15) is 5.11 Å². The highest BCUT2D eigenvalue weighted by atomic mass is 16.5. The predicted octanol–water partition coefficient (Wildman–Crippen LogP) is 4.42. The average Bonchev–Trinajstić information content (AvgIpc) is 3.10. The molecular formula is C20H20O5. The number of benzene rings is 2. The summed E-state index contributed by atoms with van der Waals surface area (Å²) >= 11 is 0. The molecule has 0 atom stereocenters. The fourth-order valence-electron chi connectivity index (χ4n) is 2.75. The van der Waals surface area contributed by atoms with Gasteiger partial charge in [-0.15, -0.1) is 0 Å². The molecule has 1 heterocycles. The van der Waals surface area contributed by atoms with E-state index in [1.54, 1.807) is 39.7 Å². The Morgan fingerprint density at radius 1 is 1.00 bits per heavy atom. The van der Waals surface area contributed by atoms with Gasteiger partial charge in [0.1, 0.15) is 11.3 Å². The number of hydrogen-bond acceptors (Lipinski definition) is 5. The summed E-state index contributed by atoms with van der Waals surface area (Å²) in [4.78, 5) is 0. The van der Waals surface area contributed by atoms with E-state index >= 15 is 0 Å². The second-order valence-electron chi connectivity index (χ2n) is 5.51. The van der Waals surface area contributed by atoms with E-state index in [2.05, 4.69) is 0 Å². The van der Waals surface area contributed by atoms with Crippen LogP contribution in [0.4, 0.5) is 0 Å². The van der Waals surface area contributed by atoms with E-state index in [1.807, 2.05) is 30.4 Å². The van der Waals surface area contributed by atoms with Crippen LogP contribution in [0.15, 0.2) is 47.1 Å². The fraction of sp³-hybridized carbons (Fsp3) is 0.200. The number of rotatable bonds is 6. The molecule has 0 aliphatic carbocycles. The summed E-state index contributed by atoms with van der Waals surface area (Å²) in [5, 5.41) is 10.7. The van der Waals surface area contributed by atoms with E-state index in [0.717, 1.165) is 16.5 Å². The summed E-state index contributed by atoms with van der Waals surface area (Å²) in [5.74, 6) is 2.00. The second kappa shape index (κ2) is 7.21. The highest BCUT2D eigenvalue weighted by Crippen LogP contribution is 2.38. The number of allylic oxidation sites excluding steroid dienone is 1. The van der Waals surface area contributed by atoms with E-state index in [4.69, 9.17) is 18.6 Å². The normalized spacial score (nSPS) is 11.2. The van der Waals surface area contributed by atoms with Crippen molar-refractivity contribution >= 4 is 17.0 Å². The van der Waals surface area contributed by atoms with Gasteiger partial charge in [-0.05, 0) is 47.9 Å². The first-order valence-electron chi connectivity index (χ1n) is 7.82. The van der Waals surface area contributed by atoms with Gasteiger partial charge in [0.15, 0.2) is 11.5 Å². The summed E-state index contributed by atoms with van der Waals surface area (Å²) in [6, 6.07) is 9.18. The van der Waals surface area contributed by atoms with Gasteiger partial charge in [-0.25, -0.2) is 0 Å². The van der Waals surface area contributed by atoms with Crippen molar-refractivity contribution in [3.05, 3.63) is 53.8 Å². The van der Waals surface area contributed by atoms with Crippen LogP contribution in [0.1, 0.15) is 11.1 Å². The van der Waals surface area contributed by atoms with Crippen molar-refractivity contribution < 1.29 is 23.7 Å². The lowest BCUT2D eigenvalue weighted by atomic mass is 10.1. The van der Waals surface area contributed by atoms with Gasteiger partial charge < -0.3 is 23.7 Å². The van der Waals surface area contributed by atoms with E-state index in [1.165, 1.54) is 0 Å². The number of hydrogen-bond donors (Lipinski definition) is 1. The third-order valence-corrected chi connectivity index (χ3v) is 3.96. The molecule has 130 valence electrons. The predicted molar refractivity (Wildman–Crippen MR) is 96.7 cm³/mol. The highest BCUT2D eigenvalue weighted by molar-refractivity contribution is 5.84. The maximum absolute atomic E-state index is 10.0. The van der Waals surface area contributed by atoms with E-state index in [-0.39, 0.29) is 5.75 Å². The van der Waals surface area contributed by atoms with Gasteiger partial charge in [0, 0.05) is 0 Å². The molecule has 0 amide bonds. The molecule has 3 rings (SSSR count). The van der Waals surface area contributed by atoms with Crippen molar-refractivity contribution in [2.45, 2.75) is 6.42 Å². The smallest absolute Gasteiger partial charge is 0.203 e. The quantitative estimate of drug-likeness (QED) is 0.720. The molecule has 0 spiro atoms. The molecule has 1 aromatic heterocycles. The molecular weight excluding hydrogens is 320 g/mol. The number of furan rings is 1. The summed E-state index contributed by atoms with van der Waals surface area (Å²) in [7, 11) is 4.76. The van der Waals surface area contributed by atoms with Crippen molar-refractivity contribution in [3.8, 4) is 23.0 Å². The molecule has 0 unspecified atom stereocenters. The van der Waals surface area contributed by atoms with Crippen LogP contribution in [0.25, 0.3) is 17.0 Å². The zero-order valence-electron chi connectivity index (χ0n) is 14.4. The Morgan fingerprint density at radius 2 is 1.72 bits per heavy atom. The first-order chi connectivity index (χ1) is 12.2. The van der Waals surface area contributed by atoms with Crippen LogP contribution < -0.4 is 14.2 Å². The molecule has 0 saturated carbocycles. The Bertz CT molecular complexity index is 883. The summed E-state index contributed by atoms with van der Waals surface area (Å²) < 4.78 is 21.4. The molecule has 1 N–H and O–H groups in total. The lowest BCUT2D eigenvalue weighted by Crippen LogP contribution is -1.95. The number of aromatic hydroxyl groups is 1. The van der Waals surface area contributed by atoms with Gasteiger partial charge in [-0.3, -0.25) is 0 Å². The minimum atomic E-state index is 0.224. The van der Waals surface area contributed by atoms with Crippen molar-refractivity contribution in [2.75, 3.05) is 21.3 Å². The minimum absolute atomic E-state index is 0.224. The highest BCUT2D eigenvalue weighted by Gasteiger charge is 2.12. The van der Waals surface area contributed by atoms with Gasteiger partial charge in [-0.2, -0.15) is 0 Å². The zero-order valence-corrected chi connectivity index (χ0v) is 14.4. The number of phenolic OH excluding ortho intramolecular Hbond substituents is 1. The monoisotopic (exact) mass is 340 g/mol. The minimum Gasteiger partial charge on any atom is -0.507 e. The topological polar surface area (TPSA) is 61.1 Å². The van der Waals surface area contributed by atoms with Crippen LogP contribution in [0, 0.1) is 0 Å². The Hall–Kier alpha value is -3.08. The molecule has 2 aromatic carbocycles. The largest absolute Gasteiger partial charge is 0.507 e. The summed E-state index contributed by atoms with van der Waals surface area (Å²) in [6.45, 7) is 0. The van der Waals surface area contributed by atoms with Gasteiger partial charge in [0.2, 0.25) is 5.75 Å². The Labute approximate surface area is 146 Å². The molecule has 0 radical (unpaired) electrons. The molecule has 0 aliphatic rings. The summed E-state index contributed by atoms with van der Waals surface area (Å²) in [6.07, 6.45) is 6.19. The van der Waals surface area contributed by atoms with Crippen LogP contribution in [-0.4, -0.2) is 26.4 Å². The third-order valence-electron chi connectivity index (χ3n) is 3.96. The van der Waals surface area contributed by atoms with Crippen LogP contribution in [0.3, 0.4) is 0 Å². The molecule has 25 heavy (non-hydrogen) atoms. The number of ether oxygens (including phenoxy) is 3. The molecule has 5 nitrogen and oxygen atoms in total. The SMILES string of the molecule is COc1cc(/C=C\Cc2cc(O)c3ccoc3c2)cc(OC)c1OC. The van der Waals surface area contributed by atoms with Crippen LogP contribution in [-0.2, 0) is 6.42 Å². The first kappa shape index (κ1) is 16.8. The molecule has 3 aromatic rings. The number of phenols is 1. The molecule has 0 fully saturated rings. The van der Waals surface area contributed by atoms with Gasteiger partial charge in [-0.1, -0.05) is 12.2 Å². The van der Waals surface area contributed by atoms with Crippen molar-refractivity contribution in [2.24, 2.45) is 0 Å². The lowest BCUT2D eigenvalue weighted by molar-refractivity contribution is 0.324. The standard InChI is InChI=1S/C20H20O5/c1-22-18-11-14(12-19(23-2)20(18)24-3)6-4-5-13-9-16(21)15-7-8-25-17(15)10-13/h4,6-12,21H,5H2,1-3H3/b6-4-. The van der Waals surface area contributed by atoms with Gasteiger partial charge in [0.05, 0.1) is 33.0 Å². The first-order valence-corrected chi connectivity index (χ1v) is 7.82.